The Hall–Kier alpha value is -3.16. The van der Waals surface area contributed by atoms with E-state index < -0.39 is 0 Å². The molecule has 29 heavy (non-hydrogen) atoms. The summed E-state index contributed by atoms with van der Waals surface area (Å²) in [5.41, 5.74) is 3.95. The molecule has 0 aliphatic carbocycles. The number of carbonyl (C=O) groups is 1. The first kappa shape index (κ1) is 20.6. The Morgan fingerprint density at radius 1 is 1.00 bits per heavy atom. The van der Waals surface area contributed by atoms with Gasteiger partial charge in [0.25, 0.3) is 0 Å². The van der Waals surface area contributed by atoms with Gasteiger partial charge >= 0.3 is 0 Å². The third kappa shape index (κ3) is 5.91. The maximum atomic E-state index is 11.7. The second-order valence-electron chi connectivity index (χ2n) is 6.39. The van der Waals surface area contributed by atoms with Crippen molar-refractivity contribution in [3.8, 4) is 28.4 Å². The van der Waals surface area contributed by atoms with Crippen molar-refractivity contribution in [1.82, 2.24) is 15.3 Å². The average Bonchev–Trinajstić information content (AvgIpc) is 3.26. The first-order valence-electron chi connectivity index (χ1n) is 9.31. The van der Waals surface area contributed by atoms with Crippen LogP contribution in [0.5, 0.6) is 5.75 Å². The molecule has 0 saturated carbocycles. The molecule has 0 aliphatic rings. The van der Waals surface area contributed by atoms with Gasteiger partial charge in [-0.15, -0.1) is 0 Å². The van der Waals surface area contributed by atoms with Gasteiger partial charge in [-0.2, -0.15) is 0 Å². The lowest BCUT2D eigenvalue weighted by Crippen LogP contribution is -2.27. The van der Waals surface area contributed by atoms with Crippen LogP contribution in [0.15, 0.2) is 54.7 Å². The SMILES string of the molecule is COCCOCC(=O)NCc1ccc(-c2ncc(-c3ccc(OC)cc3)[nH]2)cc1. The van der Waals surface area contributed by atoms with E-state index in [1.165, 1.54) is 0 Å². The number of benzene rings is 2. The molecule has 0 bridgehead atoms. The van der Waals surface area contributed by atoms with Crippen LogP contribution in [0, 0.1) is 0 Å². The largest absolute Gasteiger partial charge is 0.497 e. The molecule has 2 aromatic carbocycles. The zero-order chi connectivity index (χ0) is 20.5. The number of hydrogen-bond acceptors (Lipinski definition) is 5. The van der Waals surface area contributed by atoms with Crippen LogP contribution in [-0.4, -0.2) is 49.9 Å². The molecule has 7 heteroatoms. The fourth-order valence-corrected chi connectivity index (χ4v) is 2.72. The monoisotopic (exact) mass is 395 g/mol. The van der Waals surface area contributed by atoms with Crippen LogP contribution in [0.25, 0.3) is 22.6 Å². The molecule has 7 nitrogen and oxygen atoms in total. The van der Waals surface area contributed by atoms with E-state index in [2.05, 4.69) is 15.3 Å². The van der Waals surface area contributed by atoms with Gasteiger partial charge in [0.1, 0.15) is 18.2 Å². The highest BCUT2D eigenvalue weighted by Gasteiger charge is 2.07. The van der Waals surface area contributed by atoms with Crippen LogP contribution >= 0.6 is 0 Å². The third-order valence-corrected chi connectivity index (χ3v) is 4.36. The molecular formula is C22H25N3O4. The maximum Gasteiger partial charge on any atom is 0.246 e. The Morgan fingerprint density at radius 2 is 1.72 bits per heavy atom. The van der Waals surface area contributed by atoms with E-state index in [9.17, 15) is 4.79 Å². The van der Waals surface area contributed by atoms with Crippen LogP contribution < -0.4 is 10.1 Å². The Balaban J connectivity index is 1.55. The number of aromatic amines is 1. The number of rotatable bonds is 10. The van der Waals surface area contributed by atoms with Gasteiger partial charge in [0.05, 0.1) is 32.2 Å². The van der Waals surface area contributed by atoms with Crippen molar-refractivity contribution in [3.05, 3.63) is 60.3 Å². The number of methoxy groups -OCH3 is 2. The van der Waals surface area contributed by atoms with E-state index >= 15 is 0 Å². The summed E-state index contributed by atoms with van der Waals surface area (Å²) in [6, 6.07) is 15.7. The Labute approximate surface area is 170 Å². The second kappa shape index (κ2) is 10.4. The minimum absolute atomic E-state index is 0.0297. The lowest BCUT2D eigenvalue weighted by atomic mass is 10.1. The molecule has 0 atom stereocenters. The number of ether oxygens (including phenoxy) is 3. The van der Waals surface area contributed by atoms with Gasteiger partial charge in [-0.3, -0.25) is 4.79 Å². The molecule has 1 amide bonds. The number of amides is 1. The summed E-state index contributed by atoms with van der Waals surface area (Å²) >= 11 is 0. The van der Waals surface area contributed by atoms with Crippen LogP contribution in [0.4, 0.5) is 0 Å². The predicted octanol–water partition coefficient (Wildman–Crippen LogP) is 3.03. The summed E-state index contributed by atoms with van der Waals surface area (Å²) in [4.78, 5) is 19.6. The van der Waals surface area contributed by atoms with Gasteiger partial charge in [0.2, 0.25) is 5.91 Å². The highest BCUT2D eigenvalue weighted by Crippen LogP contribution is 2.24. The number of aromatic nitrogens is 2. The fourth-order valence-electron chi connectivity index (χ4n) is 2.72. The maximum absolute atomic E-state index is 11.7. The lowest BCUT2D eigenvalue weighted by Gasteiger charge is -2.07. The van der Waals surface area contributed by atoms with Gasteiger partial charge in [0.15, 0.2) is 0 Å². The highest BCUT2D eigenvalue weighted by atomic mass is 16.5. The molecule has 0 aliphatic heterocycles. The molecule has 1 heterocycles. The molecule has 3 rings (SSSR count). The number of imidazole rings is 1. The molecule has 0 fully saturated rings. The van der Waals surface area contributed by atoms with Crippen molar-refractivity contribution >= 4 is 5.91 Å². The molecule has 2 N–H and O–H groups in total. The van der Waals surface area contributed by atoms with Crippen molar-refractivity contribution in [2.24, 2.45) is 0 Å². The summed E-state index contributed by atoms with van der Waals surface area (Å²) in [7, 11) is 3.24. The number of nitrogens with zero attached hydrogens (tertiary/aromatic N) is 1. The Morgan fingerprint density at radius 3 is 2.41 bits per heavy atom. The minimum Gasteiger partial charge on any atom is -0.497 e. The van der Waals surface area contributed by atoms with E-state index in [-0.39, 0.29) is 12.5 Å². The van der Waals surface area contributed by atoms with Crippen LogP contribution in [0.3, 0.4) is 0 Å². The molecule has 0 radical (unpaired) electrons. The van der Waals surface area contributed by atoms with Crippen LogP contribution in [0.1, 0.15) is 5.56 Å². The van der Waals surface area contributed by atoms with E-state index in [4.69, 9.17) is 14.2 Å². The zero-order valence-corrected chi connectivity index (χ0v) is 16.6. The quantitative estimate of drug-likeness (QED) is 0.516. The zero-order valence-electron chi connectivity index (χ0n) is 16.6. The number of carbonyl (C=O) groups excluding carboxylic acids is 1. The minimum atomic E-state index is -0.152. The Bertz CT molecular complexity index is 905. The number of nitrogens with one attached hydrogen (secondary N) is 2. The van der Waals surface area contributed by atoms with E-state index in [1.54, 1.807) is 14.2 Å². The van der Waals surface area contributed by atoms with Crippen molar-refractivity contribution in [3.63, 3.8) is 0 Å². The van der Waals surface area contributed by atoms with E-state index in [1.807, 2.05) is 54.7 Å². The first-order chi connectivity index (χ1) is 14.2. The van der Waals surface area contributed by atoms with Gasteiger partial charge in [-0.05, 0) is 35.4 Å². The van der Waals surface area contributed by atoms with E-state index in [0.29, 0.717) is 19.8 Å². The third-order valence-electron chi connectivity index (χ3n) is 4.36. The van der Waals surface area contributed by atoms with Crippen molar-refractivity contribution in [1.29, 1.82) is 0 Å². The molecular weight excluding hydrogens is 370 g/mol. The van der Waals surface area contributed by atoms with Crippen molar-refractivity contribution < 1.29 is 19.0 Å². The molecule has 0 unspecified atom stereocenters. The molecule has 0 saturated heterocycles. The second-order valence-corrected chi connectivity index (χ2v) is 6.39. The number of hydrogen-bond donors (Lipinski definition) is 2. The first-order valence-corrected chi connectivity index (χ1v) is 9.31. The molecule has 0 spiro atoms. The van der Waals surface area contributed by atoms with Crippen LogP contribution in [0.2, 0.25) is 0 Å². The fraction of sp³-hybridized carbons (Fsp3) is 0.273. The number of H-pyrrole nitrogens is 1. The molecule has 1 aromatic heterocycles. The van der Waals surface area contributed by atoms with Gasteiger partial charge in [-0.1, -0.05) is 24.3 Å². The molecule has 3 aromatic rings. The van der Waals surface area contributed by atoms with Crippen molar-refractivity contribution in [2.45, 2.75) is 6.54 Å². The predicted molar refractivity (Wildman–Crippen MR) is 111 cm³/mol. The average molecular weight is 395 g/mol. The highest BCUT2D eigenvalue weighted by molar-refractivity contribution is 5.77. The normalized spacial score (nSPS) is 10.7. The standard InChI is InChI=1S/C22H25N3O4/c1-27-11-12-29-15-21(26)23-13-16-3-5-18(6-4-16)22-24-14-20(25-22)17-7-9-19(28-2)10-8-17/h3-10,14H,11-13,15H2,1-2H3,(H,23,26)(H,24,25). The summed E-state index contributed by atoms with van der Waals surface area (Å²) in [6.45, 7) is 1.35. The van der Waals surface area contributed by atoms with Crippen molar-refractivity contribution in [2.75, 3.05) is 34.0 Å². The van der Waals surface area contributed by atoms with E-state index in [0.717, 1.165) is 34.0 Å². The summed E-state index contributed by atoms with van der Waals surface area (Å²) in [6.07, 6.45) is 1.81. The van der Waals surface area contributed by atoms with Crippen LogP contribution in [-0.2, 0) is 20.8 Å². The Kier molecular flexibility index (Phi) is 7.38. The summed E-state index contributed by atoms with van der Waals surface area (Å²) < 4.78 is 15.3. The lowest BCUT2D eigenvalue weighted by molar-refractivity contribution is -0.126. The topological polar surface area (TPSA) is 85.5 Å². The smallest absolute Gasteiger partial charge is 0.246 e. The van der Waals surface area contributed by atoms with Gasteiger partial charge < -0.3 is 24.5 Å². The molecule has 152 valence electrons. The summed E-state index contributed by atoms with van der Waals surface area (Å²) in [5.74, 6) is 1.45. The van der Waals surface area contributed by atoms with Gasteiger partial charge in [0, 0.05) is 19.2 Å². The van der Waals surface area contributed by atoms with Gasteiger partial charge in [-0.25, -0.2) is 4.98 Å². The summed E-state index contributed by atoms with van der Waals surface area (Å²) in [5, 5.41) is 2.83.